The van der Waals surface area contributed by atoms with Crippen LogP contribution in [0.25, 0.3) is 0 Å². The molecule has 0 aromatic carbocycles. The first-order chi connectivity index (χ1) is 1.00. The Morgan fingerprint density at radius 3 is 1.25 bits per heavy atom. The molecule has 0 rings (SSSR count). The normalized spacial score (nSPS) is 1.50. The van der Waals surface area contributed by atoms with Crippen molar-refractivity contribution in [3.05, 3.63) is 6.92 Å². The van der Waals surface area contributed by atoms with Gasteiger partial charge in [-0.15, -0.1) is 24.0 Å². The van der Waals surface area contributed by atoms with Gasteiger partial charge in [-0.3, -0.25) is 0 Å². The predicted octanol–water partition coefficient (Wildman–Crippen LogP) is 1.46. The van der Waals surface area contributed by atoms with Crippen LogP contribution in [-0.2, 0) is 19.5 Å². The molecule has 0 radical (unpaired) electrons. The van der Waals surface area contributed by atoms with Crippen molar-refractivity contribution in [3.8, 4) is 0 Å². The van der Waals surface area contributed by atoms with Crippen LogP contribution >= 0.6 is 24.0 Å². The van der Waals surface area contributed by atoms with Crippen molar-refractivity contribution < 1.29 is 19.5 Å². The summed E-state index contributed by atoms with van der Waals surface area (Å²) in [4.78, 5) is 0. The summed E-state index contributed by atoms with van der Waals surface area (Å²) in [5.74, 6) is 0. The summed E-state index contributed by atoms with van der Waals surface area (Å²) in [5, 5.41) is 0. The average molecular weight is 222 g/mol. The third-order valence-corrected chi connectivity index (χ3v) is 0. The van der Waals surface area contributed by atoms with E-state index in [4.69, 9.17) is 0 Å². The summed E-state index contributed by atoms with van der Waals surface area (Å²) in [6.45, 7) is 5.00. The van der Waals surface area contributed by atoms with E-state index in [1.165, 1.54) is 0 Å². The Bertz CT molecular complexity index is 6.00. The minimum Gasteiger partial charge on any atom is -0.346 e. The summed E-state index contributed by atoms with van der Waals surface area (Å²) in [6.07, 6.45) is 0. The van der Waals surface area contributed by atoms with Gasteiger partial charge in [0.05, 0.1) is 0 Å². The molecule has 0 amide bonds. The maximum Gasteiger partial charge on any atom is 0 e. The van der Waals surface area contributed by atoms with Crippen LogP contribution in [0.2, 0.25) is 0 Å². The quantitative estimate of drug-likeness (QED) is 0.331. The molecule has 0 aliphatic heterocycles. The summed E-state index contributed by atoms with van der Waals surface area (Å²) < 4.78 is 0. The summed E-state index contributed by atoms with van der Waals surface area (Å²) in [5.41, 5.74) is 0. The summed E-state index contributed by atoms with van der Waals surface area (Å²) in [7, 11) is 0. The van der Waals surface area contributed by atoms with E-state index in [-0.39, 0.29) is 43.5 Å². The fourth-order valence-electron chi connectivity index (χ4n) is 0. The van der Waals surface area contributed by atoms with Crippen LogP contribution in [-0.4, -0.2) is 0 Å². The van der Waals surface area contributed by atoms with E-state index in [9.17, 15) is 0 Å². The Balaban J connectivity index is -0.00000000500. The van der Waals surface area contributed by atoms with E-state index in [0.717, 1.165) is 0 Å². The van der Waals surface area contributed by atoms with Crippen LogP contribution in [0.3, 0.4) is 0 Å². The zero-order chi connectivity index (χ0) is 2.00. The molecule has 0 heterocycles. The summed E-state index contributed by atoms with van der Waals surface area (Å²) >= 11 is 0. The van der Waals surface area contributed by atoms with E-state index in [0.29, 0.717) is 0 Å². The standard InChI is InChI=1S/C2H5.HI.Zn/c1-2;;/h1H2,2H3;1H;/q-1;;. The number of rotatable bonds is 0. The fourth-order valence-corrected chi connectivity index (χ4v) is 0. The molecule has 4 heavy (non-hydrogen) atoms. The van der Waals surface area contributed by atoms with Gasteiger partial charge in [0.25, 0.3) is 0 Å². The van der Waals surface area contributed by atoms with Crippen molar-refractivity contribution in [2.75, 3.05) is 0 Å². The zero-order valence-electron chi connectivity index (χ0n) is 2.82. The molecule has 0 saturated heterocycles. The Labute approximate surface area is 57.1 Å². The molecule has 0 saturated carbocycles. The summed E-state index contributed by atoms with van der Waals surface area (Å²) in [6, 6.07) is 0. The largest absolute Gasteiger partial charge is 0.346 e. The van der Waals surface area contributed by atoms with E-state index >= 15 is 0 Å². The third kappa shape index (κ3) is 10.1. The molecule has 0 spiro atoms. The van der Waals surface area contributed by atoms with Crippen LogP contribution in [0.1, 0.15) is 6.92 Å². The first kappa shape index (κ1) is 18.3. The fraction of sp³-hybridized carbons (Fsp3) is 0.500. The molecular formula is C2H6IZn-. The molecule has 0 atom stereocenters. The Hall–Kier alpha value is 1.35. The van der Waals surface area contributed by atoms with Gasteiger partial charge in [-0.1, -0.05) is 0 Å². The number of halogens is 1. The molecule has 0 fully saturated rings. The SMILES string of the molecule is I.[CH2-]C.[Zn]. The van der Waals surface area contributed by atoms with Gasteiger partial charge in [0.1, 0.15) is 0 Å². The first-order valence-electron chi connectivity index (χ1n) is 0.707. The van der Waals surface area contributed by atoms with Crippen LogP contribution in [0, 0.1) is 6.92 Å². The Morgan fingerprint density at radius 1 is 1.25 bits per heavy atom. The van der Waals surface area contributed by atoms with E-state index in [1.807, 2.05) is 0 Å². The van der Waals surface area contributed by atoms with E-state index < -0.39 is 0 Å². The molecule has 0 aromatic heterocycles. The maximum absolute atomic E-state index is 3.25. The van der Waals surface area contributed by atoms with Crippen LogP contribution in [0.15, 0.2) is 0 Å². The molecule has 2 heteroatoms. The molecule has 0 N–H and O–H groups in total. The third-order valence-electron chi connectivity index (χ3n) is 0. The van der Waals surface area contributed by atoms with Crippen molar-refractivity contribution in [1.82, 2.24) is 0 Å². The second-order valence-electron chi connectivity index (χ2n) is 0. The van der Waals surface area contributed by atoms with Crippen LogP contribution in [0.4, 0.5) is 0 Å². The minimum absolute atomic E-state index is 0. The molecule has 24 valence electrons. The number of hydrogen-bond donors (Lipinski definition) is 0. The van der Waals surface area contributed by atoms with Gasteiger partial charge in [0, 0.05) is 19.5 Å². The van der Waals surface area contributed by atoms with Gasteiger partial charge in [-0.25, -0.2) is 0 Å². The van der Waals surface area contributed by atoms with Crippen molar-refractivity contribution in [2.24, 2.45) is 0 Å². The van der Waals surface area contributed by atoms with Crippen molar-refractivity contribution >= 4 is 24.0 Å². The molecule has 0 aliphatic rings. The van der Waals surface area contributed by atoms with Gasteiger partial charge in [0.2, 0.25) is 0 Å². The molecule has 0 bridgehead atoms. The Kier molecular flexibility index (Phi) is 122. The van der Waals surface area contributed by atoms with Crippen molar-refractivity contribution in [3.63, 3.8) is 0 Å². The van der Waals surface area contributed by atoms with Crippen molar-refractivity contribution in [2.45, 2.75) is 6.92 Å². The van der Waals surface area contributed by atoms with Gasteiger partial charge in [0.15, 0.2) is 0 Å². The minimum atomic E-state index is 0. The smallest absolute Gasteiger partial charge is 0 e. The predicted molar refractivity (Wildman–Crippen MR) is 26.4 cm³/mol. The molecule has 0 aromatic rings. The number of hydrogen-bond acceptors (Lipinski definition) is 0. The average Bonchev–Trinajstić information content (AvgIpc) is 1.00. The molecule has 0 nitrogen and oxygen atoms in total. The van der Waals surface area contributed by atoms with Crippen LogP contribution < -0.4 is 0 Å². The van der Waals surface area contributed by atoms with Gasteiger partial charge in [-0.05, 0) is 0 Å². The molecule has 0 unspecified atom stereocenters. The Morgan fingerprint density at radius 2 is 1.25 bits per heavy atom. The van der Waals surface area contributed by atoms with Crippen LogP contribution in [0.5, 0.6) is 0 Å². The van der Waals surface area contributed by atoms with Gasteiger partial charge >= 0.3 is 0 Å². The van der Waals surface area contributed by atoms with E-state index in [1.54, 1.807) is 6.92 Å². The second kappa shape index (κ2) is 26.7. The topological polar surface area (TPSA) is 0 Å². The van der Waals surface area contributed by atoms with E-state index in [2.05, 4.69) is 6.92 Å². The van der Waals surface area contributed by atoms with Crippen molar-refractivity contribution in [1.29, 1.82) is 0 Å². The molecule has 0 aliphatic carbocycles. The monoisotopic (exact) mass is 221 g/mol. The maximum atomic E-state index is 3.25. The van der Waals surface area contributed by atoms with Gasteiger partial charge < -0.3 is 6.92 Å². The van der Waals surface area contributed by atoms with Gasteiger partial charge in [-0.2, -0.15) is 6.92 Å². The second-order valence-corrected chi connectivity index (χ2v) is 0. The first-order valence-corrected chi connectivity index (χ1v) is 0.707. The zero-order valence-corrected chi connectivity index (χ0v) is 8.12. The molecular weight excluding hydrogens is 216 g/mol.